The number of carbonyl (C=O) groups is 2. The Morgan fingerprint density at radius 3 is 2.42 bits per heavy atom. The number of amides is 1. The Bertz CT molecular complexity index is 1120. The molecule has 3 rings (SSSR count). The van der Waals surface area contributed by atoms with Crippen LogP contribution in [0.1, 0.15) is 15.9 Å². The number of benzene rings is 3. The monoisotopic (exact) mass is 424 g/mol. The van der Waals surface area contributed by atoms with Crippen LogP contribution in [0.4, 0.5) is 15.8 Å². The average molecular weight is 424 g/mol. The number of hydrogen-bond donors (Lipinski definition) is 1. The van der Waals surface area contributed by atoms with Gasteiger partial charge in [0.25, 0.3) is 11.6 Å². The molecule has 8 nitrogen and oxygen atoms in total. The smallest absolute Gasteiger partial charge is 0.342 e. The molecule has 9 heteroatoms. The fourth-order valence-corrected chi connectivity index (χ4v) is 2.69. The van der Waals surface area contributed by atoms with E-state index in [9.17, 15) is 24.1 Å². The second kappa shape index (κ2) is 9.97. The van der Waals surface area contributed by atoms with Crippen molar-refractivity contribution in [3.63, 3.8) is 0 Å². The lowest BCUT2D eigenvalue weighted by molar-refractivity contribution is -0.385. The van der Waals surface area contributed by atoms with Crippen molar-refractivity contribution < 1.29 is 28.4 Å². The number of hydrogen-bond acceptors (Lipinski definition) is 6. The SMILES string of the molecule is O=C(COc1ccccc1C(=O)OCc1ccccc1[N+](=O)[O-])Nc1ccccc1F. The predicted octanol–water partition coefficient (Wildman–Crippen LogP) is 4.11. The van der Waals surface area contributed by atoms with E-state index in [1.54, 1.807) is 24.3 Å². The van der Waals surface area contributed by atoms with Gasteiger partial charge in [-0.2, -0.15) is 0 Å². The van der Waals surface area contributed by atoms with E-state index in [0.717, 1.165) is 0 Å². The minimum Gasteiger partial charge on any atom is -0.483 e. The van der Waals surface area contributed by atoms with Gasteiger partial charge < -0.3 is 14.8 Å². The molecule has 0 aliphatic heterocycles. The van der Waals surface area contributed by atoms with Crippen LogP contribution in [0.15, 0.2) is 72.8 Å². The van der Waals surface area contributed by atoms with Crippen LogP contribution < -0.4 is 10.1 Å². The largest absolute Gasteiger partial charge is 0.483 e. The summed E-state index contributed by atoms with van der Waals surface area (Å²) < 4.78 is 24.2. The summed E-state index contributed by atoms with van der Waals surface area (Å²) in [7, 11) is 0. The minimum absolute atomic E-state index is 0.00764. The second-order valence-electron chi connectivity index (χ2n) is 6.27. The molecule has 0 heterocycles. The molecule has 3 aromatic rings. The van der Waals surface area contributed by atoms with E-state index in [4.69, 9.17) is 9.47 Å². The molecule has 0 aromatic heterocycles. The first-order chi connectivity index (χ1) is 15.0. The third-order valence-electron chi connectivity index (χ3n) is 4.16. The van der Waals surface area contributed by atoms with Crippen LogP contribution in [0.3, 0.4) is 0 Å². The van der Waals surface area contributed by atoms with E-state index < -0.39 is 29.2 Å². The Labute approximate surface area is 176 Å². The van der Waals surface area contributed by atoms with Crippen molar-refractivity contribution in [3.8, 4) is 5.75 Å². The second-order valence-corrected chi connectivity index (χ2v) is 6.27. The van der Waals surface area contributed by atoms with Crippen molar-refractivity contribution in [2.24, 2.45) is 0 Å². The van der Waals surface area contributed by atoms with Crippen molar-refractivity contribution in [1.82, 2.24) is 0 Å². The molecule has 3 aromatic carbocycles. The van der Waals surface area contributed by atoms with Crippen molar-refractivity contribution in [2.45, 2.75) is 6.61 Å². The van der Waals surface area contributed by atoms with Crippen molar-refractivity contribution in [1.29, 1.82) is 0 Å². The van der Waals surface area contributed by atoms with Gasteiger partial charge >= 0.3 is 5.97 Å². The van der Waals surface area contributed by atoms with Gasteiger partial charge in [0.05, 0.1) is 16.2 Å². The molecule has 0 radical (unpaired) electrons. The lowest BCUT2D eigenvalue weighted by atomic mass is 10.2. The maximum absolute atomic E-state index is 13.6. The van der Waals surface area contributed by atoms with Crippen LogP contribution in [0.2, 0.25) is 0 Å². The topological polar surface area (TPSA) is 108 Å². The van der Waals surface area contributed by atoms with Gasteiger partial charge in [-0.05, 0) is 30.3 Å². The standard InChI is InChI=1S/C22H17FN2O6/c23-17-9-3-4-10-18(17)24-21(26)14-30-20-12-6-2-8-16(20)22(27)31-13-15-7-1-5-11-19(15)25(28)29/h1-12H,13-14H2,(H,24,26). The third-order valence-corrected chi connectivity index (χ3v) is 4.16. The highest BCUT2D eigenvalue weighted by molar-refractivity contribution is 5.94. The maximum atomic E-state index is 13.6. The van der Waals surface area contributed by atoms with E-state index >= 15 is 0 Å². The van der Waals surface area contributed by atoms with Gasteiger partial charge in [-0.15, -0.1) is 0 Å². The van der Waals surface area contributed by atoms with E-state index in [1.807, 2.05) is 0 Å². The molecule has 0 fully saturated rings. The number of nitro benzene ring substituents is 1. The Kier molecular flexibility index (Phi) is 6.89. The maximum Gasteiger partial charge on any atom is 0.342 e. The zero-order valence-electron chi connectivity index (χ0n) is 16.1. The van der Waals surface area contributed by atoms with Crippen molar-refractivity contribution in [2.75, 3.05) is 11.9 Å². The van der Waals surface area contributed by atoms with E-state index in [2.05, 4.69) is 5.32 Å². The minimum atomic E-state index is -0.775. The quantitative estimate of drug-likeness (QED) is 0.331. The number of nitro groups is 1. The highest BCUT2D eigenvalue weighted by atomic mass is 19.1. The van der Waals surface area contributed by atoms with Crippen LogP contribution in [0.5, 0.6) is 5.75 Å². The molecule has 0 atom stereocenters. The Balaban J connectivity index is 1.63. The van der Waals surface area contributed by atoms with Gasteiger partial charge in [0.2, 0.25) is 0 Å². The summed E-state index contributed by atoms with van der Waals surface area (Å²) in [5, 5.41) is 13.4. The fourth-order valence-electron chi connectivity index (χ4n) is 2.69. The van der Waals surface area contributed by atoms with E-state index in [1.165, 1.54) is 48.5 Å². The molecular weight excluding hydrogens is 407 g/mol. The zero-order valence-corrected chi connectivity index (χ0v) is 16.1. The normalized spacial score (nSPS) is 10.2. The summed E-state index contributed by atoms with van der Waals surface area (Å²) in [5.41, 5.74) is 0.126. The molecule has 0 bridgehead atoms. The van der Waals surface area contributed by atoms with Crippen LogP contribution >= 0.6 is 0 Å². The number of rotatable bonds is 8. The lowest BCUT2D eigenvalue weighted by Gasteiger charge is -2.12. The highest BCUT2D eigenvalue weighted by Gasteiger charge is 2.18. The molecule has 31 heavy (non-hydrogen) atoms. The highest BCUT2D eigenvalue weighted by Crippen LogP contribution is 2.22. The molecule has 0 saturated heterocycles. The zero-order chi connectivity index (χ0) is 22.2. The Morgan fingerprint density at radius 1 is 0.968 bits per heavy atom. The number of anilines is 1. The summed E-state index contributed by atoms with van der Waals surface area (Å²) in [6.07, 6.45) is 0. The van der Waals surface area contributed by atoms with Gasteiger partial charge in [0, 0.05) is 6.07 Å². The van der Waals surface area contributed by atoms with Gasteiger partial charge in [-0.1, -0.05) is 36.4 Å². The molecule has 158 valence electrons. The summed E-state index contributed by atoms with van der Waals surface area (Å²) in [4.78, 5) is 35.0. The summed E-state index contributed by atoms with van der Waals surface area (Å²) in [5.74, 6) is -1.90. The molecular formula is C22H17FN2O6. The number of carbonyl (C=O) groups excluding carboxylic acids is 2. The Morgan fingerprint density at radius 2 is 1.65 bits per heavy atom. The molecule has 0 aliphatic rings. The first kappa shape index (κ1) is 21.4. The lowest BCUT2D eigenvalue weighted by Crippen LogP contribution is -2.21. The average Bonchev–Trinajstić information content (AvgIpc) is 2.78. The number of nitrogens with zero attached hydrogens (tertiary/aromatic N) is 1. The van der Waals surface area contributed by atoms with Gasteiger partial charge in [-0.3, -0.25) is 14.9 Å². The molecule has 0 spiro atoms. The number of nitrogens with one attached hydrogen (secondary N) is 1. The van der Waals surface area contributed by atoms with E-state index in [0.29, 0.717) is 0 Å². The first-order valence-corrected chi connectivity index (χ1v) is 9.11. The fraction of sp³-hybridized carbons (Fsp3) is 0.0909. The molecule has 0 saturated carbocycles. The summed E-state index contributed by atoms with van der Waals surface area (Å²) in [6.45, 7) is -0.777. The van der Waals surface area contributed by atoms with Crippen LogP contribution in [-0.4, -0.2) is 23.4 Å². The van der Waals surface area contributed by atoms with Crippen LogP contribution in [-0.2, 0) is 16.1 Å². The van der Waals surface area contributed by atoms with E-state index in [-0.39, 0.29) is 34.9 Å². The summed E-state index contributed by atoms with van der Waals surface area (Å²) >= 11 is 0. The molecule has 0 aliphatic carbocycles. The summed E-state index contributed by atoms with van der Waals surface area (Å²) in [6, 6.07) is 17.7. The Hall–Kier alpha value is -4.27. The number of halogens is 1. The molecule has 0 unspecified atom stereocenters. The third kappa shape index (κ3) is 5.63. The van der Waals surface area contributed by atoms with Gasteiger partial charge in [-0.25, -0.2) is 9.18 Å². The number of esters is 1. The van der Waals surface area contributed by atoms with Crippen molar-refractivity contribution >= 4 is 23.3 Å². The van der Waals surface area contributed by atoms with Gasteiger partial charge in [0.1, 0.15) is 23.7 Å². The number of para-hydroxylation sites is 3. The number of ether oxygens (including phenoxy) is 2. The van der Waals surface area contributed by atoms with Gasteiger partial charge in [0.15, 0.2) is 6.61 Å². The van der Waals surface area contributed by atoms with Crippen molar-refractivity contribution in [3.05, 3.63) is 99.9 Å². The first-order valence-electron chi connectivity index (χ1n) is 9.11. The predicted molar refractivity (Wildman–Crippen MR) is 109 cm³/mol. The molecule has 1 N–H and O–H groups in total. The van der Waals surface area contributed by atoms with Crippen LogP contribution in [0, 0.1) is 15.9 Å². The molecule has 1 amide bonds. The van der Waals surface area contributed by atoms with Crippen LogP contribution in [0.25, 0.3) is 0 Å².